The lowest BCUT2D eigenvalue weighted by Gasteiger charge is -2.33. The van der Waals surface area contributed by atoms with Crippen molar-refractivity contribution in [1.29, 1.82) is 0 Å². The Morgan fingerprint density at radius 3 is 2.38 bits per heavy atom. The minimum Gasteiger partial charge on any atom is -0.444 e. The van der Waals surface area contributed by atoms with Gasteiger partial charge in [0.25, 0.3) is 0 Å². The molecule has 8 heteroatoms. The van der Waals surface area contributed by atoms with Gasteiger partial charge in [0.05, 0.1) is 12.6 Å². The number of likely N-dealkylation sites (tertiary alicyclic amines) is 1. The first-order valence-corrected chi connectivity index (χ1v) is 11.7. The van der Waals surface area contributed by atoms with Gasteiger partial charge in [0, 0.05) is 31.7 Å². The second kappa shape index (κ2) is 12.6. The van der Waals surface area contributed by atoms with Crippen LogP contribution in [0.1, 0.15) is 65.0 Å². The van der Waals surface area contributed by atoms with Crippen LogP contribution in [0.4, 0.5) is 4.79 Å². The fourth-order valence-electron chi connectivity index (χ4n) is 3.91. The van der Waals surface area contributed by atoms with Crippen LogP contribution in [0.15, 0.2) is 35.3 Å². The summed E-state index contributed by atoms with van der Waals surface area (Å²) in [6.45, 7) is 11.2. The molecule has 0 radical (unpaired) electrons. The number of carbonyl (C=O) groups is 1. The minimum atomic E-state index is -0.541. The molecule has 7 nitrogen and oxygen atoms in total. The first-order chi connectivity index (χ1) is 14.8. The van der Waals surface area contributed by atoms with E-state index in [2.05, 4.69) is 27.8 Å². The first kappa shape index (κ1) is 26.7. The van der Waals surface area contributed by atoms with Crippen molar-refractivity contribution in [2.45, 2.75) is 77.1 Å². The standard InChI is InChI=1S/C24H39N5O2.HI/c1-5-25-22(27-19-13-15-29(16-14-19)20-11-12-20)26-17-21(18-9-7-6-8-10-18)28-23(30)31-24(2,3)4;/h6-10,19-21H,5,11-17H2,1-4H3,(H,28,30)(H2,25,26,27);1H. The molecule has 32 heavy (non-hydrogen) atoms. The fourth-order valence-corrected chi connectivity index (χ4v) is 3.91. The van der Waals surface area contributed by atoms with Gasteiger partial charge in [-0.3, -0.25) is 4.99 Å². The molecule has 1 amide bonds. The predicted octanol–water partition coefficient (Wildman–Crippen LogP) is 4.05. The van der Waals surface area contributed by atoms with Crippen LogP contribution in [0, 0.1) is 0 Å². The predicted molar refractivity (Wildman–Crippen MR) is 141 cm³/mol. The molecule has 1 heterocycles. The molecular weight excluding hydrogens is 517 g/mol. The van der Waals surface area contributed by atoms with Crippen LogP contribution in [0.2, 0.25) is 0 Å². The molecule has 2 aliphatic rings. The van der Waals surface area contributed by atoms with Crippen molar-refractivity contribution in [2.24, 2.45) is 4.99 Å². The summed E-state index contributed by atoms with van der Waals surface area (Å²) in [7, 11) is 0. The Hall–Kier alpha value is -1.55. The van der Waals surface area contributed by atoms with Gasteiger partial charge in [0.15, 0.2) is 5.96 Å². The van der Waals surface area contributed by atoms with E-state index < -0.39 is 11.7 Å². The van der Waals surface area contributed by atoms with E-state index >= 15 is 0 Å². The summed E-state index contributed by atoms with van der Waals surface area (Å²) in [5.41, 5.74) is 0.464. The van der Waals surface area contributed by atoms with E-state index in [-0.39, 0.29) is 30.0 Å². The number of nitrogens with one attached hydrogen (secondary N) is 3. The quantitative estimate of drug-likeness (QED) is 0.268. The number of piperidine rings is 1. The average Bonchev–Trinajstić information content (AvgIpc) is 3.56. The van der Waals surface area contributed by atoms with Crippen LogP contribution < -0.4 is 16.0 Å². The summed E-state index contributed by atoms with van der Waals surface area (Å²) in [6, 6.07) is 10.9. The normalized spacial score (nSPS) is 18.9. The smallest absolute Gasteiger partial charge is 0.408 e. The van der Waals surface area contributed by atoms with Gasteiger partial charge < -0.3 is 25.6 Å². The summed E-state index contributed by atoms with van der Waals surface area (Å²) < 4.78 is 5.47. The maximum atomic E-state index is 12.4. The van der Waals surface area contributed by atoms with Crippen LogP contribution in [0.5, 0.6) is 0 Å². The Kier molecular flexibility index (Phi) is 10.5. The zero-order chi connectivity index (χ0) is 22.3. The molecule has 1 saturated carbocycles. The molecule has 1 saturated heterocycles. The Balaban J connectivity index is 0.00000363. The van der Waals surface area contributed by atoms with Gasteiger partial charge in [0.2, 0.25) is 0 Å². The van der Waals surface area contributed by atoms with E-state index in [1.165, 1.54) is 12.8 Å². The molecule has 0 spiro atoms. The van der Waals surface area contributed by atoms with Crippen molar-refractivity contribution in [3.05, 3.63) is 35.9 Å². The Bertz CT molecular complexity index is 726. The largest absolute Gasteiger partial charge is 0.444 e. The number of amides is 1. The van der Waals surface area contributed by atoms with E-state index in [1.807, 2.05) is 51.1 Å². The third-order valence-corrected chi connectivity index (χ3v) is 5.60. The van der Waals surface area contributed by atoms with Crippen molar-refractivity contribution in [3.63, 3.8) is 0 Å². The minimum absolute atomic E-state index is 0. The second-order valence-electron chi connectivity index (χ2n) is 9.51. The van der Waals surface area contributed by atoms with Crippen molar-refractivity contribution < 1.29 is 9.53 Å². The summed E-state index contributed by atoms with van der Waals surface area (Å²) in [5.74, 6) is 0.805. The van der Waals surface area contributed by atoms with E-state index in [9.17, 15) is 4.79 Å². The third kappa shape index (κ3) is 9.13. The highest BCUT2D eigenvalue weighted by Crippen LogP contribution is 2.29. The molecule has 3 N–H and O–H groups in total. The number of guanidine groups is 1. The molecule has 1 aliphatic carbocycles. The van der Waals surface area contributed by atoms with E-state index in [0.29, 0.717) is 12.6 Å². The maximum absolute atomic E-state index is 12.4. The van der Waals surface area contributed by atoms with Crippen LogP contribution in [0.25, 0.3) is 0 Å². The zero-order valence-electron chi connectivity index (χ0n) is 19.9. The molecule has 1 atom stereocenters. The van der Waals surface area contributed by atoms with Gasteiger partial charge in [0.1, 0.15) is 5.60 Å². The molecule has 0 bridgehead atoms. The van der Waals surface area contributed by atoms with E-state index in [1.54, 1.807) is 0 Å². The summed E-state index contributed by atoms with van der Waals surface area (Å²) in [6.07, 6.45) is 4.58. The van der Waals surface area contributed by atoms with Gasteiger partial charge in [-0.05, 0) is 58.9 Å². The number of benzene rings is 1. The van der Waals surface area contributed by atoms with Crippen LogP contribution in [-0.2, 0) is 4.74 Å². The first-order valence-electron chi connectivity index (χ1n) is 11.7. The van der Waals surface area contributed by atoms with Gasteiger partial charge in [-0.2, -0.15) is 0 Å². The van der Waals surface area contributed by atoms with Gasteiger partial charge in [-0.1, -0.05) is 30.3 Å². The maximum Gasteiger partial charge on any atom is 0.408 e. The highest BCUT2D eigenvalue weighted by atomic mass is 127. The van der Waals surface area contributed by atoms with Crippen LogP contribution in [0.3, 0.4) is 0 Å². The third-order valence-electron chi connectivity index (χ3n) is 5.60. The number of hydrogen-bond donors (Lipinski definition) is 3. The van der Waals surface area contributed by atoms with Gasteiger partial charge in [-0.15, -0.1) is 24.0 Å². The van der Waals surface area contributed by atoms with E-state index in [0.717, 1.165) is 50.0 Å². The molecule has 2 fully saturated rings. The highest BCUT2D eigenvalue weighted by molar-refractivity contribution is 14.0. The number of aliphatic imine (C=N–C) groups is 1. The molecule has 1 unspecified atom stereocenters. The number of hydrogen-bond acceptors (Lipinski definition) is 4. The van der Waals surface area contributed by atoms with E-state index in [4.69, 9.17) is 9.73 Å². The monoisotopic (exact) mass is 557 g/mol. The summed E-state index contributed by atoms with van der Waals surface area (Å²) in [4.78, 5) is 19.8. The van der Waals surface area contributed by atoms with Crippen molar-refractivity contribution in [1.82, 2.24) is 20.9 Å². The van der Waals surface area contributed by atoms with Gasteiger partial charge in [-0.25, -0.2) is 4.79 Å². The number of nitrogens with zero attached hydrogens (tertiary/aromatic N) is 2. The number of rotatable bonds is 7. The summed E-state index contributed by atoms with van der Waals surface area (Å²) >= 11 is 0. The Labute approximate surface area is 210 Å². The Morgan fingerprint density at radius 1 is 1.16 bits per heavy atom. The molecule has 1 aromatic rings. The number of ether oxygens (including phenoxy) is 1. The lowest BCUT2D eigenvalue weighted by Crippen LogP contribution is -2.49. The van der Waals surface area contributed by atoms with Crippen molar-refractivity contribution >= 4 is 36.0 Å². The Morgan fingerprint density at radius 2 is 1.81 bits per heavy atom. The lowest BCUT2D eigenvalue weighted by molar-refractivity contribution is 0.0505. The molecule has 3 rings (SSSR count). The van der Waals surface area contributed by atoms with Crippen molar-refractivity contribution in [3.8, 4) is 0 Å². The fraction of sp³-hybridized carbons (Fsp3) is 0.667. The van der Waals surface area contributed by atoms with Gasteiger partial charge >= 0.3 is 6.09 Å². The number of carbonyl (C=O) groups excluding carboxylic acids is 1. The molecule has 1 aliphatic heterocycles. The molecule has 1 aromatic carbocycles. The SMILES string of the molecule is CCNC(=NCC(NC(=O)OC(C)(C)C)c1ccccc1)NC1CCN(C2CC2)CC1.I. The summed E-state index contributed by atoms with van der Waals surface area (Å²) in [5, 5.41) is 9.95. The molecule has 0 aromatic heterocycles. The zero-order valence-corrected chi connectivity index (χ0v) is 22.2. The topological polar surface area (TPSA) is 78.0 Å². The second-order valence-corrected chi connectivity index (χ2v) is 9.51. The average molecular weight is 558 g/mol. The van der Waals surface area contributed by atoms with Crippen molar-refractivity contribution in [2.75, 3.05) is 26.2 Å². The number of alkyl carbamates (subject to hydrolysis) is 1. The number of halogens is 1. The van der Waals surface area contributed by atoms with Crippen LogP contribution in [-0.4, -0.2) is 60.8 Å². The highest BCUT2D eigenvalue weighted by Gasteiger charge is 2.32. The molecule has 180 valence electrons. The van der Waals surface area contributed by atoms with Crippen LogP contribution >= 0.6 is 24.0 Å². The molecular formula is C24H40IN5O2. The lowest BCUT2D eigenvalue weighted by atomic mass is 10.1.